The lowest BCUT2D eigenvalue weighted by Crippen LogP contribution is -2.54. The Morgan fingerprint density at radius 3 is 2.24 bits per heavy atom. The maximum atomic E-state index is 12.2. The van der Waals surface area contributed by atoms with Gasteiger partial charge in [0.1, 0.15) is 31.0 Å². The highest BCUT2D eigenvalue weighted by molar-refractivity contribution is 5.76. The molecule has 0 aromatic heterocycles. The summed E-state index contributed by atoms with van der Waals surface area (Å²) in [7, 11) is 0. The largest absolute Gasteiger partial charge is 0.462 e. The smallest absolute Gasteiger partial charge is 0.311 e. The number of aliphatic hydroxyl groups excluding tert-OH is 3. The molecule has 0 aliphatic carbocycles. The van der Waals surface area contributed by atoms with Crippen molar-refractivity contribution >= 4 is 5.97 Å². The molecule has 1 aliphatic rings. The van der Waals surface area contributed by atoms with Crippen LogP contribution in [0.2, 0.25) is 0 Å². The van der Waals surface area contributed by atoms with Crippen molar-refractivity contribution in [3.05, 3.63) is 0 Å². The van der Waals surface area contributed by atoms with Gasteiger partial charge in [-0.2, -0.15) is 0 Å². The van der Waals surface area contributed by atoms with E-state index in [2.05, 4.69) is 0 Å². The molecule has 6 nitrogen and oxygen atoms in total. The van der Waals surface area contributed by atoms with Crippen molar-refractivity contribution in [2.75, 3.05) is 13.2 Å². The van der Waals surface area contributed by atoms with Gasteiger partial charge in [0.05, 0.1) is 12.0 Å². The van der Waals surface area contributed by atoms with Crippen LogP contribution in [0.25, 0.3) is 0 Å². The minimum absolute atomic E-state index is 0.0102. The summed E-state index contributed by atoms with van der Waals surface area (Å²) in [5.74, 6) is -0.367. The predicted molar refractivity (Wildman–Crippen MR) is 76.6 cm³/mol. The molecule has 0 radical (unpaired) electrons. The molecule has 0 spiro atoms. The number of ether oxygens (including phenoxy) is 2. The predicted octanol–water partition coefficient (Wildman–Crippen LogP) is 0.473. The van der Waals surface area contributed by atoms with Crippen molar-refractivity contribution in [2.24, 2.45) is 10.8 Å². The topological polar surface area (TPSA) is 96.2 Å². The summed E-state index contributed by atoms with van der Waals surface area (Å²) in [6, 6.07) is 0. The minimum Gasteiger partial charge on any atom is -0.462 e. The molecule has 0 bridgehead atoms. The quantitative estimate of drug-likeness (QED) is 0.654. The highest BCUT2D eigenvalue weighted by atomic mass is 16.6. The van der Waals surface area contributed by atoms with Gasteiger partial charge < -0.3 is 24.8 Å². The number of esters is 1. The second-order valence-corrected chi connectivity index (χ2v) is 7.64. The van der Waals surface area contributed by atoms with Gasteiger partial charge in [0.25, 0.3) is 0 Å². The molecule has 4 atom stereocenters. The van der Waals surface area contributed by atoms with Crippen LogP contribution in [0.5, 0.6) is 0 Å². The molecule has 124 valence electrons. The Balaban J connectivity index is 2.53. The van der Waals surface area contributed by atoms with Crippen molar-refractivity contribution in [1.29, 1.82) is 0 Å². The third kappa shape index (κ3) is 5.21. The Kier molecular flexibility index (Phi) is 5.77. The van der Waals surface area contributed by atoms with Crippen molar-refractivity contribution < 1.29 is 29.6 Å². The van der Waals surface area contributed by atoms with Gasteiger partial charge in [-0.1, -0.05) is 20.8 Å². The van der Waals surface area contributed by atoms with Crippen LogP contribution in [0.4, 0.5) is 0 Å². The van der Waals surface area contributed by atoms with Crippen molar-refractivity contribution in [3.63, 3.8) is 0 Å². The molecule has 1 saturated heterocycles. The van der Waals surface area contributed by atoms with Crippen molar-refractivity contribution in [2.45, 2.75) is 65.5 Å². The summed E-state index contributed by atoms with van der Waals surface area (Å²) in [5, 5.41) is 28.7. The van der Waals surface area contributed by atoms with Gasteiger partial charge in [0.2, 0.25) is 0 Å². The summed E-state index contributed by atoms with van der Waals surface area (Å²) in [6.45, 7) is 9.55. The molecular weight excluding hydrogens is 276 g/mol. The molecule has 21 heavy (non-hydrogen) atoms. The molecule has 3 unspecified atom stereocenters. The molecule has 1 fully saturated rings. The van der Waals surface area contributed by atoms with Crippen LogP contribution in [0.15, 0.2) is 0 Å². The molecule has 0 amide bonds. The monoisotopic (exact) mass is 304 g/mol. The molecular formula is C15H28O6. The van der Waals surface area contributed by atoms with Gasteiger partial charge in [-0.05, 0) is 25.7 Å². The average molecular weight is 304 g/mol. The van der Waals surface area contributed by atoms with Gasteiger partial charge >= 0.3 is 5.97 Å². The normalized spacial score (nSPS) is 31.0. The van der Waals surface area contributed by atoms with Gasteiger partial charge in [-0.25, -0.2) is 0 Å². The fourth-order valence-corrected chi connectivity index (χ4v) is 2.76. The molecule has 0 aromatic carbocycles. The SMILES string of the molecule is CC(C)(C)CC(C)(C)C(=O)OCC1OCC(O)C(O)[C@@H]1O. The third-order valence-corrected chi connectivity index (χ3v) is 3.51. The first-order valence-electron chi connectivity index (χ1n) is 7.27. The number of carbonyl (C=O) groups is 1. The Hall–Kier alpha value is -0.690. The van der Waals surface area contributed by atoms with Crippen LogP contribution in [-0.2, 0) is 14.3 Å². The van der Waals surface area contributed by atoms with Crippen LogP contribution in [-0.4, -0.2) is 58.9 Å². The van der Waals surface area contributed by atoms with Gasteiger partial charge in [-0.3, -0.25) is 4.79 Å². The average Bonchev–Trinajstić information content (AvgIpc) is 2.32. The zero-order chi connectivity index (χ0) is 16.4. The summed E-state index contributed by atoms with van der Waals surface area (Å²) in [6.07, 6.45) is -3.84. The van der Waals surface area contributed by atoms with Crippen LogP contribution < -0.4 is 0 Å². The van der Waals surface area contributed by atoms with E-state index < -0.39 is 29.8 Å². The van der Waals surface area contributed by atoms with Gasteiger partial charge in [-0.15, -0.1) is 0 Å². The highest BCUT2D eigenvalue weighted by Crippen LogP contribution is 2.34. The lowest BCUT2D eigenvalue weighted by Gasteiger charge is -2.36. The van der Waals surface area contributed by atoms with Gasteiger partial charge in [0, 0.05) is 0 Å². The zero-order valence-electron chi connectivity index (χ0n) is 13.5. The second kappa shape index (κ2) is 6.60. The van der Waals surface area contributed by atoms with E-state index in [1.54, 1.807) is 0 Å². The van der Waals surface area contributed by atoms with E-state index in [9.17, 15) is 20.1 Å². The molecule has 0 aromatic rings. The van der Waals surface area contributed by atoms with Crippen LogP contribution >= 0.6 is 0 Å². The van der Waals surface area contributed by atoms with Crippen molar-refractivity contribution in [3.8, 4) is 0 Å². The first-order valence-corrected chi connectivity index (χ1v) is 7.27. The Bertz CT molecular complexity index is 360. The Morgan fingerprint density at radius 1 is 1.14 bits per heavy atom. The number of hydrogen-bond donors (Lipinski definition) is 3. The van der Waals surface area contributed by atoms with E-state index in [1.165, 1.54) is 0 Å². The van der Waals surface area contributed by atoms with Crippen molar-refractivity contribution in [1.82, 2.24) is 0 Å². The third-order valence-electron chi connectivity index (χ3n) is 3.51. The summed E-state index contributed by atoms with van der Waals surface area (Å²) < 4.78 is 10.4. The standard InChI is InChI=1S/C15H28O6/c1-14(2,3)8-15(4,5)13(19)21-7-10-12(18)11(17)9(16)6-20-10/h9-12,16-18H,6-8H2,1-5H3/t9?,10?,11?,12-/m1/s1. The summed E-state index contributed by atoms with van der Waals surface area (Å²) >= 11 is 0. The van der Waals surface area contributed by atoms with E-state index in [4.69, 9.17) is 9.47 Å². The van der Waals surface area contributed by atoms with E-state index in [0.717, 1.165) is 0 Å². The van der Waals surface area contributed by atoms with Crippen LogP contribution in [0, 0.1) is 10.8 Å². The lowest BCUT2D eigenvalue weighted by molar-refractivity contribution is -0.203. The van der Waals surface area contributed by atoms with Crippen LogP contribution in [0.3, 0.4) is 0 Å². The maximum Gasteiger partial charge on any atom is 0.311 e. The lowest BCUT2D eigenvalue weighted by atomic mass is 9.76. The molecule has 6 heteroatoms. The number of aliphatic hydroxyl groups is 3. The first kappa shape index (κ1) is 18.4. The Morgan fingerprint density at radius 2 is 1.71 bits per heavy atom. The molecule has 1 heterocycles. The van der Waals surface area contributed by atoms with E-state index in [0.29, 0.717) is 6.42 Å². The first-order chi connectivity index (χ1) is 9.44. The highest BCUT2D eigenvalue weighted by Gasteiger charge is 2.39. The Labute approximate surface area is 126 Å². The molecule has 3 N–H and O–H groups in total. The second-order valence-electron chi connectivity index (χ2n) is 7.64. The molecule has 0 saturated carbocycles. The molecule has 1 rings (SSSR count). The fourth-order valence-electron chi connectivity index (χ4n) is 2.76. The van der Waals surface area contributed by atoms with E-state index >= 15 is 0 Å². The zero-order valence-corrected chi connectivity index (χ0v) is 13.5. The van der Waals surface area contributed by atoms with E-state index in [1.807, 2.05) is 34.6 Å². The minimum atomic E-state index is -1.29. The number of carbonyl (C=O) groups excluding carboxylic acids is 1. The summed E-state index contributed by atoms with van der Waals surface area (Å²) in [4.78, 5) is 12.2. The number of hydrogen-bond acceptors (Lipinski definition) is 6. The summed E-state index contributed by atoms with van der Waals surface area (Å²) in [5.41, 5.74) is -0.653. The van der Waals surface area contributed by atoms with E-state index in [-0.39, 0.29) is 24.6 Å². The van der Waals surface area contributed by atoms with Crippen LogP contribution in [0.1, 0.15) is 41.0 Å². The van der Waals surface area contributed by atoms with Gasteiger partial charge in [0.15, 0.2) is 0 Å². The molecule has 1 aliphatic heterocycles. The fraction of sp³-hybridized carbons (Fsp3) is 0.933. The maximum absolute atomic E-state index is 12.2. The number of rotatable bonds is 4.